The third-order valence-corrected chi connectivity index (χ3v) is 7.05. The maximum Gasteiger partial charge on any atom is 0.573 e. The largest absolute Gasteiger partial charge is 0.573 e. The van der Waals surface area contributed by atoms with Crippen LogP contribution in [0, 0.1) is 6.92 Å². The first-order valence-electron chi connectivity index (χ1n) is 12.3. The Kier molecular flexibility index (Phi) is 8.22. The van der Waals surface area contributed by atoms with E-state index in [1.807, 2.05) is 43.3 Å². The molecule has 2 amide bonds. The Morgan fingerprint density at radius 1 is 1.05 bits per heavy atom. The number of aryl methyl sites for hydroxylation is 1. The molecule has 0 bridgehead atoms. The van der Waals surface area contributed by atoms with Crippen LogP contribution in [-0.2, 0) is 6.42 Å². The zero-order valence-electron chi connectivity index (χ0n) is 21.4. The van der Waals surface area contributed by atoms with Crippen LogP contribution in [0.25, 0.3) is 28.3 Å². The van der Waals surface area contributed by atoms with Gasteiger partial charge in [0.2, 0.25) is 0 Å². The highest BCUT2D eigenvalue weighted by Crippen LogP contribution is 2.37. The maximum absolute atomic E-state index is 12.5. The van der Waals surface area contributed by atoms with E-state index in [0.29, 0.717) is 40.2 Å². The Labute approximate surface area is 241 Å². The number of anilines is 1. The van der Waals surface area contributed by atoms with E-state index in [1.165, 1.54) is 46.6 Å². The van der Waals surface area contributed by atoms with Crippen molar-refractivity contribution in [3.8, 4) is 34.1 Å². The van der Waals surface area contributed by atoms with Crippen molar-refractivity contribution in [1.82, 2.24) is 25.1 Å². The van der Waals surface area contributed by atoms with Gasteiger partial charge in [-0.1, -0.05) is 48.0 Å². The molecule has 210 valence electrons. The molecule has 5 aromatic rings. The molecule has 5 rings (SSSR count). The Morgan fingerprint density at radius 2 is 1.80 bits per heavy atom. The lowest BCUT2D eigenvalue weighted by Crippen LogP contribution is -2.30. The summed E-state index contributed by atoms with van der Waals surface area (Å²) in [6.07, 6.45) is -2.67. The number of amides is 2. The highest BCUT2D eigenvalue weighted by Gasteiger charge is 2.31. The van der Waals surface area contributed by atoms with E-state index >= 15 is 0 Å². The number of thiazole rings is 1. The summed E-state index contributed by atoms with van der Waals surface area (Å²) < 4.78 is 42.5. The van der Waals surface area contributed by atoms with Gasteiger partial charge in [-0.2, -0.15) is 0 Å². The molecular weight excluding hydrogens is 577 g/mol. The van der Waals surface area contributed by atoms with Crippen LogP contribution in [0.15, 0.2) is 78.6 Å². The van der Waals surface area contributed by atoms with E-state index < -0.39 is 6.36 Å². The summed E-state index contributed by atoms with van der Waals surface area (Å²) >= 11 is 7.70. The maximum atomic E-state index is 12.5. The summed E-state index contributed by atoms with van der Waals surface area (Å²) in [4.78, 5) is 21.2. The zero-order chi connectivity index (χ0) is 29.0. The first-order chi connectivity index (χ1) is 19.7. The average Bonchev–Trinajstić information content (AvgIpc) is 3.59. The van der Waals surface area contributed by atoms with Crippen molar-refractivity contribution in [2.75, 3.05) is 11.9 Å². The number of alkyl halides is 3. The Morgan fingerprint density at radius 3 is 2.51 bits per heavy atom. The van der Waals surface area contributed by atoms with Gasteiger partial charge >= 0.3 is 12.4 Å². The molecule has 41 heavy (non-hydrogen) atoms. The van der Waals surface area contributed by atoms with Crippen LogP contribution in [0.3, 0.4) is 0 Å². The second-order valence-electron chi connectivity index (χ2n) is 8.84. The number of hydrogen-bond donors (Lipinski definition) is 2. The molecule has 0 fully saturated rings. The number of hydrogen-bond acceptors (Lipinski definition) is 6. The third-order valence-electron chi connectivity index (χ3n) is 5.99. The van der Waals surface area contributed by atoms with Crippen molar-refractivity contribution in [2.24, 2.45) is 0 Å². The average molecular weight is 599 g/mol. The molecule has 2 N–H and O–H groups in total. The number of benzene rings is 3. The summed E-state index contributed by atoms with van der Waals surface area (Å²) in [6.45, 7) is 2.35. The minimum atomic E-state index is -4.75. The van der Waals surface area contributed by atoms with Crippen LogP contribution in [0.2, 0.25) is 5.02 Å². The van der Waals surface area contributed by atoms with Crippen LogP contribution < -0.4 is 15.4 Å². The summed E-state index contributed by atoms with van der Waals surface area (Å²) in [6, 6.07) is 18.2. The molecule has 3 aromatic carbocycles. The monoisotopic (exact) mass is 598 g/mol. The van der Waals surface area contributed by atoms with Gasteiger partial charge in [0.05, 0.1) is 16.2 Å². The SMILES string of the molecule is Cc1cccc(Cl)c1-c1ncsc1NC(=O)NCCc1ccc(-c2ncn(-c3ccc(OC(F)(F)F)cc3)n2)cc1. The molecule has 2 aromatic heterocycles. The smallest absolute Gasteiger partial charge is 0.406 e. The van der Waals surface area contributed by atoms with Crippen molar-refractivity contribution in [3.63, 3.8) is 0 Å². The van der Waals surface area contributed by atoms with E-state index in [0.717, 1.165) is 22.3 Å². The standard InChI is InChI=1S/C28H22ClF3N6O2S/c1-17-3-2-4-22(29)23(17)24-26(41-16-35-24)36-27(39)33-14-13-18-5-7-19(8-6-18)25-34-15-38(37-25)20-9-11-21(12-10-20)40-28(30,31)32/h2-12,15-16H,13-14H2,1H3,(H2,33,36,39). The number of nitrogens with one attached hydrogen (secondary N) is 2. The molecule has 8 nitrogen and oxygen atoms in total. The van der Waals surface area contributed by atoms with Crippen LogP contribution in [0.1, 0.15) is 11.1 Å². The molecule has 13 heteroatoms. The molecule has 0 saturated carbocycles. The van der Waals surface area contributed by atoms with Gasteiger partial charge in [-0.3, -0.25) is 5.32 Å². The molecular formula is C28H22ClF3N6O2S. The first kappa shape index (κ1) is 28.1. The predicted molar refractivity (Wildman–Crippen MR) is 152 cm³/mol. The van der Waals surface area contributed by atoms with Gasteiger partial charge in [-0.25, -0.2) is 19.4 Å². The molecule has 0 saturated heterocycles. The lowest BCUT2D eigenvalue weighted by Gasteiger charge is -2.10. The van der Waals surface area contributed by atoms with E-state index in [1.54, 1.807) is 11.6 Å². The number of nitrogens with zero attached hydrogens (tertiary/aromatic N) is 4. The Bertz CT molecular complexity index is 1630. The van der Waals surface area contributed by atoms with Gasteiger partial charge < -0.3 is 10.1 Å². The number of carbonyl (C=O) groups excluding carboxylic acids is 1. The lowest BCUT2D eigenvalue weighted by atomic mass is 10.1. The molecule has 0 spiro atoms. The quantitative estimate of drug-likeness (QED) is 0.196. The van der Waals surface area contributed by atoms with Crippen LogP contribution in [-0.4, -0.2) is 38.7 Å². The Hall–Kier alpha value is -4.42. The van der Waals surface area contributed by atoms with Crippen molar-refractivity contribution in [1.29, 1.82) is 0 Å². The van der Waals surface area contributed by atoms with Crippen molar-refractivity contribution >= 4 is 34.0 Å². The van der Waals surface area contributed by atoms with Gasteiger partial charge in [-0.05, 0) is 54.8 Å². The van der Waals surface area contributed by atoms with Crippen LogP contribution >= 0.6 is 22.9 Å². The minimum absolute atomic E-state index is 0.315. The molecule has 0 aliphatic carbocycles. The van der Waals surface area contributed by atoms with Crippen molar-refractivity contribution in [3.05, 3.63) is 94.7 Å². The van der Waals surface area contributed by atoms with Crippen molar-refractivity contribution in [2.45, 2.75) is 19.7 Å². The zero-order valence-corrected chi connectivity index (χ0v) is 23.0. The molecule has 0 aliphatic heterocycles. The Balaban J connectivity index is 1.14. The number of ether oxygens (including phenoxy) is 1. The highest BCUT2D eigenvalue weighted by atomic mass is 35.5. The van der Waals surface area contributed by atoms with Gasteiger partial charge in [0.1, 0.15) is 22.8 Å². The minimum Gasteiger partial charge on any atom is -0.406 e. The topological polar surface area (TPSA) is 94.0 Å². The van der Waals surface area contributed by atoms with Crippen LogP contribution in [0.4, 0.5) is 23.0 Å². The normalized spacial score (nSPS) is 11.3. The van der Waals surface area contributed by atoms with E-state index in [4.69, 9.17) is 11.6 Å². The summed E-state index contributed by atoms with van der Waals surface area (Å²) in [5, 5.41) is 11.3. The van der Waals surface area contributed by atoms with Gasteiger partial charge in [0.15, 0.2) is 5.82 Å². The number of carbonyl (C=O) groups is 1. The number of rotatable bonds is 8. The summed E-state index contributed by atoms with van der Waals surface area (Å²) in [5.41, 5.74) is 6.35. The van der Waals surface area contributed by atoms with Crippen LogP contribution in [0.5, 0.6) is 5.75 Å². The fourth-order valence-corrected chi connectivity index (χ4v) is 5.05. The molecule has 2 heterocycles. The van der Waals surface area contributed by atoms with Crippen molar-refractivity contribution < 1.29 is 22.7 Å². The molecule has 0 aliphatic rings. The van der Waals surface area contributed by atoms with Gasteiger partial charge in [-0.15, -0.1) is 29.6 Å². The molecule has 0 unspecified atom stereocenters. The first-order valence-corrected chi connectivity index (χ1v) is 13.5. The fourth-order valence-electron chi connectivity index (χ4n) is 4.05. The summed E-state index contributed by atoms with van der Waals surface area (Å²) in [5.74, 6) is 0.142. The lowest BCUT2D eigenvalue weighted by molar-refractivity contribution is -0.274. The second-order valence-corrected chi connectivity index (χ2v) is 10.1. The summed E-state index contributed by atoms with van der Waals surface area (Å²) in [7, 11) is 0. The number of aromatic nitrogens is 4. The van der Waals surface area contributed by atoms with Gasteiger partial charge in [0.25, 0.3) is 0 Å². The van der Waals surface area contributed by atoms with Gasteiger partial charge in [0, 0.05) is 17.7 Å². The fraction of sp³-hybridized carbons (Fsp3) is 0.143. The number of halogens is 4. The highest BCUT2D eigenvalue weighted by molar-refractivity contribution is 7.14. The number of urea groups is 1. The predicted octanol–water partition coefficient (Wildman–Crippen LogP) is 7.28. The molecule has 0 radical (unpaired) electrons. The second kappa shape index (κ2) is 12.0. The van der Waals surface area contributed by atoms with E-state index in [9.17, 15) is 18.0 Å². The van der Waals surface area contributed by atoms with E-state index in [2.05, 4.69) is 30.4 Å². The third kappa shape index (κ3) is 7.02. The van der Waals surface area contributed by atoms with E-state index in [-0.39, 0.29) is 11.8 Å². The molecule has 0 atom stereocenters.